The summed E-state index contributed by atoms with van der Waals surface area (Å²) in [5.41, 5.74) is 14.0. The van der Waals surface area contributed by atoms with Gasteiger partial charge in [0.15, 0.2) is 0 Å². The average Bonchev–Trinajstić information content (AvgIpc) is 2.13. The SMILES string of the molecule is [2H]c1c([2H])c([2H])c(-c2cc(C(C)(C)C(C)(C)C)cc(-c3cccc(C(C)(C)C)c3)c2-n2[c](=[Pt])n(-c3[c-]c(Oc4ccc5c(n4)N4B6c7c(cccc7-5)-c5ccccc5N6c5ccc[c-]c54)c(C([2H])([2H])[2H])cc3)c3ccccc32)c([2H])c1[2H]. The molecule has 5 heterocycles. The zero-order valence-corrected chi connectivity index (χ0v) is 44.7. The Balaban J connectivity index is 1.03. The first-order valence-corrected chi connectivity index (χ1v) is 26.1. The Bertz CT molecular complexity index is 4410. The topological polar surface area (TPSA) is 38.5 Å². The van der Waals surface area contributed by atoms with Gasteiger partial charge in [-0.3, -0.25) is 0 Å². The summed E-state index contributed by atoms with van der Waals surface area (Å²) in [6.45, 7) is 14.6. The van der Waals surface area contributed by atoms with E-state index in [9.17, 15) is 2.74 Å². The van der Waals surface area contributed by atoms with Gasteiger partial charge in [0.1, 0.15) is 0 Å². The van der Waals surface area contributed by atoms with Crippen molar-refractivity contribution < 1.29 is 35.1 Å². The molecule has 3 aliphatic rings. The monoisotopic (exact) mass is 1150 g/mol. The van der Waals surface area contributed by atoms with Crippen molar-refractivity contribution in [3.05, 3.63) is 208 Å². The minimum atomic E-state index is -2.61. The molecule has 0 amide bonds. The van der Waals surface area contributed by atoms with Crippen LogP contribution in [0.2, 0.25) is 0 Å². The molecule has 0 spiro atoms. The molecule has 366 valence electrons. The summed E-state index contributed by atoms with van der Waals surface area (Å²) in [6.07, 6.45) is 0. The fourth-order valence-corrected chi connectivity index (χ4v) is 12.0. The molecule has 0 fully saturated rings. The minimum absolute atomic E-state index is 0.0290. The Labute approximate surface area is 457 Å². The van der Waals surface area contributed by atoms with Crippen LogP contribution in [0.4, 0.5) is 22.9 Å². The molecule has 13 rings (SSSR count). The quantitative estimate of drug-likeness (QED) is 0.118. The second-order valence-electron chi connectivity index (χ2n) is 22.0. The standard InChI is InChI=1S/C66H56BN5O.Pt/c1-42-33-34-47(40-59(42)73-60-36-35-51-50-27-20-26-49-48-25-13-14-28-54(48)71-57-31-17-18-32-58(57)72(63(51)68-60)67(71)61(49)50)69-41-70(56-30-16-15-29-55(56)69)62-52(43-21-11-10-12-22-43)38-46(66(8,9)65(5,6)7)39-53(62)44-23-19-24-45(37-44)64(2,3)4;/h10-31,33-39H,1-9H3;/q-2;/i1D3,10D,11D,12D,21D,22D;. The van der Waals surface area contributed by atoms with Gasteiger partial charge in [0, 0.05) is 11.3 Å². The van der Waals surface area contributed by atoms with Gasteiger partial charge in [-0.25, -0.2) is 0 Å². The summed E-state index contributed by atoms with van der Waals surface area (Å²) in [6, 6.07) is 53.4. The van der Waals surface area contributed by atoms with Crippen molar-refractivity contribution in [1.82, 2.24) is 14.1 Å². The van der Waals surface area contributed by atoms with Crippen molar-refractivity contribution in [3.8, 4) is 67.5 Å². The van der Waals surface area contributed by atoms with Crippen LogP contribution in [-0.4, -0.2) is 21.1 Å². The average molecular weight is 1150 g/mol. The van der Waals surface area contributed by atoms with Gasteiger partial charge in [-0.05, 0) is 11.6 Å². The summed E-state index contributed by atoms with van der Waals surface area (Å²) >= 11 is 2.28. The molecule has 0 aliphatic carbocycles. The zero-order chi connectivity index (χ0) is 57.9. The van der Waals surface area contributed by atoms with Crippen LogP contribution in [0.3, 0.4) is 0 Å². The summed E-state index contributed by atoms with van der Waals surface area (Å²) in [7, 11) is 0. The first-order valence-electron chi connectivity index (χ1n) is 29.0. The molecule has 0 saturated carbocycles. The molecule has 0 radical (unpaired) electrons. The Morgan fingerprint density at radius 1 is 0.622 bits per heavy atom. The van der Waals surface area contributed by atoms with Crippen LogP contribution in [-0.2, 0) is 30.2 Å². The van der Waals surface area contributed by atoms with Gasteiger partial charge in [-0.15, -0.1) is 6.07 Å². The zero-order valence-electron chi connectivity index (χ0n) is 50.4. The first kappa shape index (κ1) is 38.2. The van der Waals surface area contributed by atoms with Crippen molar-refractivity contribution in [3.63, 3.8) is 0 Å². The number of pyridine rings is 1. The van der Waals surface area contributed by atoms with Crippen molar-refractivity contribution in [2.45, 2.75) is 73.1 Å². The third-order valence-corrected chi connectivity index (χ3v) is 16.8. The van der Waals surface area contributed by atoms with Gasteiger partial charge in [0.2, 0.25) is 0 Å². The van der Waals surface area contributed by atoms with E-state index in [1.807, 2.05) is 59.2 Å². The summed E-state index contributed by atoms with van der Waals surface area (Å²) < 4.78 is 83.7. The molecule has 2 aromatic heterocycles. The third kappa shape index (κ3) is 7.03. The Morgan fingerprint density at radius 2 is 1.31 bits per heavy atom. The first-order chi connectivity index (χ1) is 38.9. The fraction of sp³-hybridized carbons (Fsp3) is 0.182. The van der Waals surface area contributed by atoms with Gasteiger partial charge in [0.05, 0.1) is 0 Å². The number of nitrogens with zero attached hydrogens (tertiary/aromatic N) is 5. The summed E-state index contributed by atoms with van der Waals surface area (Å²) in [5, 5.41) is 0. The second-order valence-corrected chi connectivity index (χ2v) is 23.1. The number of benzene rings is 8. The van der Waals surface area contributed by atoms with E-state index in [1.165, 1.54) is 5.46 Å². The van der Waals surface area contributed by atoms with Gasteiger partial charge in [-0.1, -0.05) is 30.3 Å². The predicted molar refractivity (Wildman–Crippen MR) is 302 cm³/mol. The van der Waals surface area contributed by atoms with Crippen LogP contribution in [0.15, 0.2) is 176 Å². The van der Waals surface area contributed by atoms with Crippen LogP contribution in [0, 0.1) is 28.2 Å². The Morgan fingerprint density at radius 3 is 2.07 bits per heavy atom. The number of fused-ring (bicyclic) bond motifs is 10. The van der Waals surface area contributed by atoms with Crippen molar-refractivity contribution in [2.75, 3.05) is 9.62 Å². The van der Waals surface area contributed by atoms with Crippen molar-refractivity contribution >= 4 is 46.4 Å². The van der Waals surface area contributed by atoms with E-state index in [1.54, 1.807) is 18.2 Å². The number of para-hydroxylation sites is 4. The number of ether oxygens (including phenoxy) is 1. The molecule has 0 saturated heterocycles. The predicted octanol–water partition coefficient (Wildman–Crippen LogP) is 16.2. The van der Waals surface area contributed by atoms with Gasteiger partial charge in [-0.2, -0.15) is 12.1 Å². The molecular weight excluding hydrogens is 1080 g/mol. The molecule has 0 bridgehead atoms. The van der Waals surface area contributed by atoms with Crippen molar-refractivity contribution in [2.24, 2.45) is 5.41 Å². The van der Waals surface area contributed by atoms with E-state index in [0.29, 0.717) is 26.6 Å². The van der Waals surface area contributed by atoms with E-state index in [4.69, 9.17) is 17.9 Å². The van der Waals surface area contributed by atoms with E-state index in [0.717, 1.165) is 72.6 Å². The summed E-state index contributed by atoms with van der Waals surface area (Å²) in [5.74, 6) is 0.793. The van der Waals surface area contributed by atoms with E-state index < -0.39 is 30.4 Å². The molecule has 8 heteroatoms. The number of aromatic nitrogens is 3. The molecule has 0 unspecified atom stereocenters. The Hall–Kier alpha value is -7.47. The summed E-state index contributed by atoms with van der Waals surface area (Å²) in [4.78, 5) is 9.83. The van der Waals surface area contributed by atoms with E-state index >= 15 is 0 Å². The third-order valence-electron chi connectivity index (χ3n) is 15.8. The number of hydrogen-bond donors (Lipinski definition) is 0. The maximum atomic E-state index is 9.55. The van der Waals surface area contributed by atoms with Gasteiger partial charge < -0.3 is 0 Å². The number of rotatable bonds is 7. The van der Waals surface area contributed by atoms with Crippen LogP contribution >= 0.6 is 0 Å². The number of anilines is 4. The maximum absolute atomic E-state index is 9.55. The molecule has 0 N–H and O–H groups in total. The van der Waals surface area contributed by atoms with Crippen molar-refractivity contribution in [1.29, 1.82) is 0 Å². The Kier molecular flexibility index (Phi) is 8.65. The molecule has 0 atom stereocenters. The van der Waals surface area contributed by atoms with Crippen LogP contribution in [0.1, 0.15) is 83.0 Å². The van der Waals surface area contributed by atoms with Crippen LogP contribution in [0.25, 0.3) is 66.9 Å². The van der Waals surface area contributed by atoms with Crippen LogP contribution in [0.5, 0.6) is 11.6 Å². The fourth-order valence-electron chi connectivity index (χ4n) is 11.0. The number of hydrogen-bond acceptors (Lipinski definition) is 4. The normalized spacial score (nSPS) is 15.2. The number of aryl methyl sites for hydroxylation is 1. The molecule has 74 heavy (non-hydrogen) atoms. The van der Waals surface area contributed by atoms with E-state index in [2.05, 4.69) is 174 Å². The van der Waals surface area contributed by atoms with Gasteiger partial charge in [0.25, 0.3) is 0 Å². The second kappa shape index (κ2) is 16.8. The van der Waals surface area contributed by atoms with Gasteiger partial charge >= 0.3 is 388 Å². The van der Waals surface area contributed by atoms with E-state index in [-0.39, 0.29) is 52.7 Å². The molecule has 6 nitrogen and oxygen atoms in total. The molecule has 10 aromatic rings. The number of imidazole rings is 1. The molecule has 8 aromatic carbocycles. The van der Waals surface area contributed by atoms with Crippen LogP contribution < -0.4 is 19.8 Å². The molecule has 3 aliphatic heterocycles. The molecular formula is C66H56BN5OPt-2.